The number of benzene rings is 2. The molecule has 3 aromatic rings. The minimum atomic E-state index is -4.14. The second kappa shape index (κ2) is 8.05. The van der Waals surface area contributed by atoms with Crippen molar-refractivity contribution in [2.75, 3.05) is 18.4 Å². The molecule has 0 fully saturated rings. The number of halogens is 1. The quantitative estimate of drug-likeness (QED) is 0.640. The lowest BCUT2D eigenvalue weighted by molar-refractivity contribution is 0.160. The van der Waals surface area contributed by atoms with E-state index in [1.165, 1.54) is 18.5 Å². The van der Waals surface area contributed by atoms with Crippen LogP contribution in [-0.2, 0) is 16.6 Å². The maximum atomic E-state index is 14.8. The van der Waals surface area contributed by atoms with Gasteiger partial charge < -0.3 is 4.74 Å². The molecule has 1 atom stereocenters. The van der Waals surface area contributed by atoms with Gasteiger partial charge in [0.2, 0.25) is 5.13 Å². The molecular weight excluding hydrogens is 415 g/mol. The average molecular weight is 435 g/mol. The Morgan fingerprint density at radius 3 is 2.83 bits per heavy atom. The highest BCUT2D eigenvalue weighted by atomic mass is 32.2. The number of nitrogens with one attached hydrogen (secondary N) is 1. The summed E-state index contributed by atoms with van der Waals surface area (Å²) in [6, 6.07) is 12.4. The van der Waals surface area contributed by atoms with Crippen LogP contribution < -0.4 is 9.46 Å². The first-order chi connectivity index (χ1) is 13.9. The number of rotatable bonds is 6. The van der Waals surface area contributed by atoms with Gasteiger partial charge in [0.05, 0.1) is 6.61 Å². The Morgan fingerprint density at radius 1 is 1.31 bits per heavy atom. The zero-order valence-corrected chi connectivity index (χ0v) is 17.2. The van der Waals surface area contributed by atoms with Crippen molar-refractivity contribution in [3.63, 3.8) is 0 Å². The van der Waals surface area contributed by atoms with Gasteiger partial charge in [0.15, 0.2) is 0 Å². The molecule has 0 amide bonds. The van der Waals surface area contributed by atoms with Gasteiger partial charge in [-0.1, -0.05) is 30.3 Å². The Hall–Kier alpha value is -2.56. The molecule has 1 N–H and O–H groups in total. The molecule has 0 bridgehead atoms. The van der Waals surface area contributed by atoms with Crippen molar-refractivity contribution in [1.29, 1.82) is 0 Å². The van der Waals surface area contributed by atoms with E-state index < -0.39 is 20.7 Å². The lowest BCUT2D eigenvalue weighted by Crippen LogP contribution is -2.29. The summed E-state index contributed by atoms with van der Waals surface area (Å²) in [5, 5.41) is 0.0727. The Kier molecular flexibility index (Phi) is 5.48. The van der Waals surface area contributed by atoms with E-state index in [1.807, 2.05) is 37.4 Å². The molecule has 0 unspecified atom stereocenters. The van der Waals surface area contributed by atoms with E-state index in [9.17, 15) is 12.8 Å². The van der Waals surface area contributed by atoms with Crippen LogP contribution in [0.4, 0.5) is 9.52 Å². The second-order valence-corrected chi connectivity index (χ2v) is 9.16. The van der Waals surface area contributed by atoms with Crippen molar-refractivity contribution in [2.45, 2.75) is 23.9 Å². The van der Waals surface area contributed by atoms with Crippen molar-refractivity contribution in [3.8, 4) is 5.75 Å². The van der Waals surface area contributed by atoms with Crippen molar-refractivity contribution < 1.29 is 17.5 Å². The van der Waals surface area contributed by atoms with E-state index in [2.05, 4.69) is 19.0 Å². The summed E-state index contributed by atoms with van der Waals surface area (Å²) in [6.45, 7) is 1.11. The molecule has 1 aromatic heterocycles. The van der Waals surface area contributed by atoms with Gasteiger partial charge in [0.1, 0.15) is 22.8 Å². The van der Waals surface area contributed by atoms with Crippen LogP contribution in [0.15, 0.2) is 53.7 Å². The molecule has 29 heavy (non-hydrogen) atoms. The number of ether oxygens (including phenoxy) is 1. The standard InChI is InChI=1S/C19H19FN4O3S2/c1-24(11-13-5-3-2-4-6-13)16-7-8-27-17-10-18(15(20)9-14(16)17)29(25,26)23-19-21-12-22-28-19/h2-6,9-10,12,16H,7-8,11H2,1H3,(H,21,22,23)/t16-/m0/s1. The van der Waals surface area contributed by atoms with Crippen LogP contribution >= 0.6 is 11.5 Å². The molecule has 152 valence electrons. The van der Waals surface area contributed by atoms with Gasteiger partial charge in [0, 0.05) is 42.2 Å². The Bertz CT molecular complexity index is 1090. The predicted octanol–water partition coefficient (Wildman–Crippen LogP) is 3.43. The van der Waals surface area contributed by atoms with E-state index in [1.54, 1.807) is 0 Å². The molecule has 2 heterocycles. The minimum absolute atomic E-state index is 0.0727. The highest BCUT2D eigenvalue weighted by molar-refractivity contribution is 7.93. The van der Waals surface area contributed by atoms with E-state index in [0.717, 1.165) is 17.1 Å². The molecule has 0 saturated heterocycles. The monoisotopic (exact) mass is 434 g/mol. The van der Waals surface area contributed by atoms with Crippen molar-refractivity contribution >= 4 is 26.7 Å². The lowest BCUT2D eigenvalue weighted by Gasteiger charge is -2.33. The second-order valence-electron chi connectivity index (χ2n) is 6.73. The van der Waals surface area contributed by atoms with Gasteiger partial charge in [-0.05, 0) is 18.7 Å². The first kappa shape index (κ1) is 19.7. The normalized spacial score (nSPS) is 16.3. The number of sulfonamides is 1. The lowest BCUT2D eigenvalue weighted by atomic mass is 9.98. The van der Waals surface area contributed by atoms with Crippen LogP contribution in [0.25, 0.3) is 0 Å². The molecule has 10 heteroatoms. The van der Waals surface area contributed by atoms with Crippen molar-refractivity contribution in [2.24, 2.45) is 0 Å². The molecule has 1 aliphatic rings. The minimum Gasteiger partial charge on any atom is -0.493 e. The van der Waals surface area contributed by atoms with Crippen LogP contribution in [0.1, 0.15) is 23.6 Å². The molecule has 0 saturated carbocycles. The molecule has 2 aromatic carbocycles. The third-order valence-electron chi connectivity index (χ3n) is 4.75. The Balaban J connectivity index is 1.63. The van der Waals surface area contributed by atoms with Crippen LogP contribution in [-0.4, -0.2) is 36.3 Å². The number of hydrogen-bond donors (Lipinski definition) is 1. The van der Waals surface area contributed by atoms with Crippen LogP contribution in [0.3, 0.4) is 0 Å². The van der Waals surface area contributed by atoms with Crippen LogP contribution in [0, 0.1) is 5.82 Å². The van der Waals surface area contributed by atoms with Gasteiger partial charge >= 0.3 is 0 Å². The van der Waals surface area contributed by atoms with Crippen molar-refractivity contribution in [1.82, 2.24) is 14.3 Å². The van der Waals surface area contributed by atoms with Gasteiger partial charge in [-0.3, -0.25) is 9.62 Å². The molecule has 4 rings (SSSR count). The molecule has 1 aliphatic heterocycles. The SMILES string of the molecule is CN(Cc1ccccc1)[C@H]1CCOc2cc(S(=O)(=O)Nc3ncns3)c(F)cc21. The van der Waals surface area contributed by atoms with Gasteiger partial charge in [-0.25, -0.2) is 17.8 Å². The zero-order chi connectivity index (χ0) is 20.4. The summed E-state index contributed by atoms with van der Waals surface area (Å²) in [7, 11) is -2.18. The summed E-state index contributed by atoms with van der Waals surface area (Å²) in [5.74, 6) is -0.454. The fourth-order valence-corrected chi connectivity index (χ4v) is 5.14. The highest BCUT2D eigenvalue weighted by Crippen LogP contribution is 2.38. The topological polar surface area (TPSA) is 84.4 Å². The maximum absolute atomic E-state index is 14.8. The summed E-state index contributed by atoms with van der Waals surface area (Å²) in [4.78, 5) is 5.42. The summed E-state index contributed by atoms with van der Waals surface area (Å²) in [5.41, 5.74) is 1.78. The fraction of sp³-hybridized carbons (Fsp3) is 0.263. The summed E-state index contributed by atoms with van der Waals surface area (Å²) in [6.07, 6.45) is 1.91. The predicted molar refractivity (Wildman–Crippen MR) is 108 cm³/mol. The smallest absolute Gasteiger partial charge is 0.266 e. The number of nitrogens with zero attached hydrogens (tertiary/aromatic N) is 3. The highest BCUT2D eigenvalue weighted by Gasteiger charge is 2.30. The Labute approximate surface area is 172 Å². The number of anilines is 1. The molecule has 7 nitrogen and oxygen atoms in total. The first-order valence-corrected chi connectivity index (χ1v) is 11.2. The largest absolute Gasteiger partial charge is 0.493 e. The van der Waals surface area contributed by atoms with Crippen molar-refractivity contribution in [3.05, 3.63) is 65.7 Å². The number of fused-ring (bicyclic) bond motifs is 1. The third kappa shape index (κ3) is 4.24. The summed E-state index contributed by atoms with van der Waals surface area (Å²) < 4.78 is 51.7. The summed E-state index contributed by atoms with van der Waals surface area (Å²) >= 11 is 0.873. The molecule has 0 spiro atoms. The van der Waals surface area contributed by atoms with E-state index in [4.69, 9.17) is 4.74 Å². The Morgan fingerprint density at radius 2 is 2.10 bits per heavy atom. The molecular formula is C19H19FN4O3S2. The van der Waals surface area contributed by atoms with Gasteiger partial charge in [0.25, 0.3) is 10.0 Å². The molecule has 0 radical (unpaired) electrons. The van der Waals surface area contributed by atoms with Gasteiger partial charge in [-0.15, -0.1) is 0 Å². The zero-order valence-electron chi connectivity index (χ0n) is 15.6. The third-order valence-corrected chi connectivity index (χ3v) is 6.81. The van der Waals surface area contributed by atoms with E-state index in [0.29, 0.717) is 30.9 Å². The van der Waals surface area contributed by atoms with Crippen LogP contribution in [0.5, 0.6) is 5.75 Å². The van der Waals surface area contributed by atoms with Crippen LogP contribution in [0.2, 0.25) is 0 Å². The van der Waals surface area contributed by atoms with Gasteiger partial charge in [-0.2, -0.15) is 4.37 Å². The number of hydrogen-bond acceptors (Lipinski definition) is 7. The maximum Gasteiger partial charge on any atom is 0.266 e. The fourth-order valence-electron chi connectivity index (χ4n) is 3.40. The van der Waals surface area contributed by atoms with E-state index >= 15 is 0 Å². The molecule has 0 aliphatic carbocycles. The number of aromatic nitrogens is 2. The van der Waals surface area contributed by atoms with E-state index in [-0.39, 0.29) is 11.2 Å². The average Bonchev–Trinajstić information content (AvgIpc) is 3.20. The first-order valence-electron chi connectivity index (χ1n) is 8.94.